The fourth-order valence-corrected chi connectivity index (χ4v) is 5.92. The number of rotatable bonds is 3. The van der Waals surface area contributed by atoms with E-state index in [0.717, 1.165) is 33.5 Å². The van der Waals surface area contributed by atoms with E-state index in [1.807, 2.05) is 24.4 Å². The number of pyridine rings is 1. The molecule has 3 aromatic heterocycles. The quantitative estimate of drug-likeness (QED) is 0.753. The van der Waals surface area contributed by atoms with E-state index in [4.69, 9.17) is 11.6 Å². The van der Waals surface area contributed by atoms with Gasteiger partial charge in [0.05, 0.1) is 4.34 Å². The van der Waals surface area contributed by atoms with Crippen LogP contribution < -0.4 is 0 Å². The van der Waals surface area contributed by atoms with Crippen molar-refractivity contribution >= 4 is 49.6 Å². The predicted molar refractivity (Wildman–Crippen MR) is 96.8 cm³/mol. The van der Waals surface area contributed by atoms with Crippen LogP contribution in [0.15, 0.2) is 46.9 Å². The minimum Gasteiger partial charge on any atom is -0.346 e. The van der Waals surface area contributed by atoms with Crippen LogP contribution in [0.3, 0.4) is 0 Å². The van der Waals surface area contributed by atoms with Crippen molar-refractivity contribution in [2.45, 2.75) is 10.6 Å². The number of nitrogens with one attached hydrogen (secondary N) is 1. The highest BCUT2D eigenvalue weighted by molar-refractivity contribution is 7.91. The molecular formula is C16H14ClN3O2S2. The lowest BCUT2D eigenvalue weighted by Crippen LogP contribution is -2.34. The van der Waals surface area contributed by atoms with Crippen LogP contribution >= 0.6 is 22.9 Å². The zero-order valence-electron chi connectivity index (χ0n) is 12.6. The number of hydrogen-bond donors (Lipinski definition) is 1. The standard InChI is InChI=1S/C16H14ClN3O2S2/c17-14-3-4-15(23-14)24(21,22)20-8-5-11(6-9-20)13-10-19-16-12(13)2-1-7-18-16/h1-5,7,10H,6,8-9H2,(H,18,19). The molecule has 8 heteroatoms. The number of fused-ring (bicyclic) bond motifs is 1. The molecule has 0 radical (unpaired) electrons. The molecule has 1 N–H and O–H groups in total. The van der Waals surface area contributed by atoms with E-state index in [1.54, 1.807) is 18.3 Å². The van der Waals surface area contributed by atoms with Crippen LogP contribution in [0.4, 0.5) is 0 Å². The fraction of sp³-hybridized carbons (Fsp3) is 0.188. The first-order chi connectivity index (χ1) is 11.6. The van der Waals surface area contributed by atoms with Crippen LogP contribution in [0.5, 0.6) is 0 Å². The van der Waals surface area contributed by atoms with Gasteiger partial charge in [-0.3, -0.25) is 0 Å². The number of nitrogens with zero attached hydrogens (tertiary/aromatic N) is 2. The third-order valence-electron chi connectivity index (χ3n) is 4.11. The van der Waals surface area contributed by atoms with Crippen LogP contribution in [0, 0.1) is 0 Å². The van der Waals surface area contributed by atoms with Gasteiger partial charge in [0.2, 0.25) is 0 Å². The summed E-state index contributed by atoms with van der Waals surface area (Å²) in [6.45, 7) is 0.816. The largest absolute Gasteiger partial charge is 0.346 e. The van der Waals surface area contributed by atoms with Gasteiger partial charge < -0.3 is 4.98 Å². The van der Waals surface area contributed by atoms with Gasteiger partial charge in [-0.25, -0.2) is 13.4 Å². The highest BCUT2D eigenvalue weighted by Gasteiger charge is 2.28. The third kappa shape index (κ3) is 2.67. The molecule has 0 saturated heterocycles. The number of sulfonamides is 1. The molecule has 0 aromatic carbocycles. The second kappa shape index (κ2) is 6.00. The van der Waals surface area contributed by atoms with Gasteiger partial charge >= 0.3 is 0 Å². The van der Waals surface area contributed by atoms with Gasteiger partial charge in [-0.05, 0) is 36.3 Å². The molecule has 3 aromatic rings. The number of H-pyrrole nitrogens is 1. The number of thiophene rings is 1. The van der Waals surface area contributed by atoms with E-state index in [9.17, 15) is 8.42 Å². The van der Waals surface area contributed by atoms with E-state index in [-0.39, 0.29) is 0 Å². The zero-order chi connectivity index (χ0) is 16.7. The van der Waals surface area contributed by atoms with E-state index in [2.05, 4.69) is 9.97 Å². The molecule has 0 unspecified atom stereocenters. The first-order valence-electron chi connectivity index (χ1n) is 7.43. The third-order valence-corrected chi connectivity index (χ3v) is 7.68. The maximum absolute atomic E-state index is 12.6. The summed E-state index contributed by atoms with van der Waals surface area (Å²) in [7, 11) is -3.47. The van der Waals surface area contributed by atoms with Crippen molar-refractivity contribution in [2.75, 3.05) is 13.1 Å². The van der Waals surface area contributed by atoms with Crippen molar-refractivity contribution < 1.29 is 8.42 Å². The lowest BCUT2D eigenvalue weighted by molar-refractivity contribution is 0.443. The molecule has 1 aliphatic heterocycles. The van der Waals surface area contributed by atoms with Gasteiger partial charge in [-0.2, -0.15) is 4.31 Å². The molecule has 0 fully saturated rings. The zero-order valence-corrected chi connectivity index (χ0v) is 15.0. The Balaban J connectivity index is 1.61. The van der Waals surface area contributed by atoms with E-state index in [1.165, 1.54) is 4.31 Å². The molecule has 0 bridgehead atoms. The molecule has 1 aliphatic rings. The monoisotopic (exact) mass is 379 g/mol. The van der Waals surface area contributed by atoms with Crippen molar-refractivity contribution in [1.82, 2.24) is 14.3 Å². The van der Waals surface area contributed by atoms with Gasteiger partial charge in [-0.1, -0.05) is 17.7 Å². The SMILES string of the molecule is O=S(=O)(c1ccc(Cl)s1)N1CC=C(c2c[nH]c3ncccc23)CC1. The summed E-state index contributed by atoms with van der Waals surface area (Å²) in [4.78, 5) is 7.45. The number of halogens is 1. The molecule has 4 heterocycles. The minimum atomic E-state index is -3.47. The Kier molecular flexibility index (Phi) is 3.96. The summed E-state index contributed by atoms with van der Waals surface area (Å²) in [5.41, 5.74) is 3.08. The lowest BCUT2D eigenvalue weighted by atomic mass is 10.0. The minimum absolute atomic E-state index is 0.292. The topological polar surface area (TPSA) is 66.1 Å². The Hall–Kier alpha value is -1.67. The first kappa shape index (κ1) is 15.8. The summed E-state index contributed by atoms with van der Waals surface area (Å²) >= 11 is 6.96. The fourth-order valence-electron chi connectivity index (χ4n) is 2.90. The van der Waals surface area contributed by atoms with Crippen LogP contribution in [0.2, 0.25) is 4.34 Å². The molecule has 0 amide bonds. The smallest absolute Gasteiger partial charge is 0.252 e. The predicted octanol–water partition coefficient (Wildman–Crippen LogP) is 3.76. The normalized spacial score (nSPS) is 16.5. The molecule has 0 spiro atoms. The highest BCUT2D eigenvalue weighted by Crippen LogP contribution is 2.32. The molecule has 0 atom stereocenters. The Bertz CT molecular complexity index is 1040. The molecule has 5 nitrogen and oxygen atoms in total. The van der Waals surface area contributed by atoms with Crippen LogP contribution in [0.1, 0.15) is 12.0 Å². The Morgan fingerprint density at radius 1 is 1.29 bits per heavy atom. The summed E-state index contributed by atoms with van der Waals surface area (Å²) in [6, 6.07) is 7.10. The van der Waals surface area contributed by atoms with E-state index >= 15 is 0 Å². The number of aromatic nitrogens is 2. The maximum atomic E-state index is 12.6. The Morgan fingerprint density at radius 2 is 2.17 bits per heavy atom. The summed E-state index contributed by atoms with van der Waals surface area (Å²) in [5.74, 6) is 0. The van der Waals surface area contributed by atoms with Crippen LogP contribution in [0.25, 0.3) is 16.6 Å². The van der Waals surface area contributed by atoms with Gasteiger partial charge in [0.1, 0.15) is 9.86 Å². The number of aromatic amines is 1. The lowest BCUT2D eigenvalue weighted by Gasteiger charge is -2.25. The van der Waals surface area contributed by atoms with E-state index in [0.29, 0.717) is 28.1 Å². The average molecular weight is 380 g/mol. The molecule has 24 heavy (non-hydrogen) atoms. The highest BCUT2D eigenvalue weighted by atomic mass is 35.5. The van der Waals surface area contributed by atoms with Gasteiger partial charge in [0.25, 0.3) is 10.0 Å². The van der Waals surface area contributed by atoms with Crippen molar-refractivity contribution in [2.24, 2.45) is 0 Å². The van der Waals surface area contributed by atoms with Gasteiger partial charge in [0.15, 0.2) is 0 Å². The van der Waals surface area contributed by atoms with Gasteiger partial charge in [0, 0.05) is 36.4 Å². The summed E-state index contributed by atoms with van der Waals surface area (Å²) < 4.78 is 27.5. The van der Waals surface area contributed by atoms with Crippen LogP contribution in [-0.4, -0.2) is 35.8 Å². The van der Waals surface area contributed by atoms with Crippen LogP contribution in [-0.2, 0) is 10.0 Å². The Labute approximate surface area is 148 Å². The van der Waals surface area contributed by atoms with E-state index < -0.39 is 10.0 Å². The van der Waals surface area contributed by atoms with Crippen molar-refractivity contribution in [3.63, 3.8) is 0 Å². The van der Waals surface area contributed by atoms with Crippen molar-refractivity contribution in [3.05, 3.63) is 52.6 Å². The molecular weight excluding hydrogens is 366 g/mol. The van der Waals surface area contributed by atoms with Crippen molar-refractivity contribution in [1.29, 1.82) is 0 Å². The molecule has 0 aliphatic carbocycles. The van der Waals surface area contributed by atoms with Gasteiger partial charge in [-0.15, -0.1) is 11.3 Å². The average Bonchev–Trinajstić information content (AvgIpc) is 3.21. The second-order valence-electron chi connectivity index (χ2n) is 5.50. The maximum Gasteiger partial charge on any atom is 0.252 e. The molecule has 0 saturated carbocycles. The summed E-state index contributed by atoms with van der Waals surface area (Å²) in [5, 5.41) is 1.06. The van der Waals surface area contributed by atoms with Crippen molar-refractivity contribution in [3.8, 4) is 0 Å². The second-order valence-corrected chi connectivity index (χ2v) is 9.38. The molecule has 4 rings (SSSR count). The molecule has 124 valence electrons. The summed E-state index contributed by atoms with van der Waals surface area (Å²) in [6.07, 6.45) is 6.33. The Morgan fingerprint density at radius 3 is 2.88 bits per heavy atom. The first-order valence-corrected chi connectivity index (χ1v) is 10.1. The number of hydrogen-bond acceptors (Lipinski definition) is 4.